The quantitative estimate of drug-likeness (QED) is 0.504. The zero-order valence-electron chi connectivity index (χ0n) is 19.2. The van der Waals surface area contributed by atoms with Gasteiger partial charge in [-0.25, -0.2) is 12.8 Å². The Kier molecular flexibility index (Phi) is 8.18. The normalized spacial score (nSPS) is 14.7. The van der Waals surface area contributed by atoms with Crippen LogP contribution in [0.1, 0.15) is 44.0 Å². The highest BCUT2D eigenvalue weighted by atomic mass is 32.2. The Balaban J connectivity index is 1.78. The molecular formula is C24H30FNO6S. The van der Waals surface area contributed by atoms with Gasteiger partial charge in [0.25, 0.3) is 5.91 Å². The number of benzene rings is 2. The Morgan fingerprint density at radius 1 is 0.939 bits per heavy atom. The van der Waals surface area contributed by atoms with Crippen molar-refractivity contribution < 1.29 is 31.8 Å². The first-order chi connectivity index (χ1) is 15.8. The van der Waals surface area contributed by atoms with Gasteiger partial charge < -0.3 is 19.1 Å². The molecule has 7 nitrogen and oxygen atoms in total. The molecule has 1 aliphatic rings. The van der Waals surface area contributed by atoms with E-state index in [0.29, 0.717) is 68.6 Å². The van der Waals surface area contributed by atoms with Crippen LogP contribution in [0.3, 0.4) is 0 Å². The van der Waals surface area contributed by atoms with Crippen LogP contribution in [0.15, 0.2) is 41.3 Å². The average molecular weight is 480 g/mol. The third kappa shape index (κ3) is 5.58. The van der Waals surface area contributed by atoms with Gasteiger partial charge >= 0.3 is 0 Å². The molecule has 0 atom stereocenters. The molecule has 0 spiro atoms. The summed E-state index contributed by atoms with van der Waals surface area (Å²) in [6.45, 7) is 7.36. The predicted molar refractivity (Wildman–Crippen MR) is 122 cm³/mol. The fraction of sp³-hybridized carbons (Fsp3) is 0.458. The standard InChI is InChI=1S/C24H30FNO6S/c1-4-30-21-15-17(16-22(31-5-2)23(21)32-6-3)24(27)26-13-11-20(12-14-26)33(28,29)19-9-7-18(25)8-10-19/h7-10,15-16,20H,4-6,11-14H2,1-3H3. The van der Waals surface area contributed by atoms with Crippen molar-refractivity contribution in [3.05, 3.63) is 47.8 Å². The summed E-state index contributed by atoms with van der Waals surface area (Å²) < 4.78 is 56.1. The lowest BCUT2D eigenvalue weighted by Gasteiger charge is -2.32. The van der Waals surface area contributed by atoms with Crippen LogP contribution in [0.5, 0.6) is 17.2 Å². The molecule has 0 unspecified atom stereocenters. The maximum atomic E-state index is 13.2. The first kappa shape index (κ1) is 24.8. The van der Waals surface area contributed by atoms with E-state index in [4.69, 9.17) is 14.2 Å². The smallest absolute Gasteiger partial charge is 0.254 e. The van der Waals surface area contributed by atoms with E-state index in [2.05, 4.69) is 0 Å². The van der Waals surface area contributed by atoms with Gasteiger partial charge in [0.2, 0.25) is 5.75 Å². The molecule has 0 aliphatic carbocycles. The number of hydrogen-bond donors (Lipinski definition) is 0. The van der Waals surface area contributed by atoms with Crippen LogP contribution in [0.25, 0.3) is 0 Å². The first-order valence-electron chi connectivity index (χ1n) is 11.2. The number of rotatable bonds is 9. The van der Waals surface area contributed by atoms with E-state index in [9.17, 15) is 17.6 Å². The highest BCUT2D eigenvalue weighted by Crippen LogP contribution is 2.39. The number of nitrogens with zero attached hydrogens (tertiary/aromatic N) is 1. The minimum absolute atomic E-state index is 0.0999. The van der Waals surface area contributed by atoms with Crippen molar-refractivity contribution in [2.24, 2.45) is 0 Å². The van der Waals surface area contributed by atoms with E-state index < -0.39 is 20.9 Å². The summed E-state index contributed by atoms with van der Waals surface area (Å²) in [7, 11) is -3.59. The second-order valence-corrected chi connectivity index (χ2v) is 9.82. The minimum atomic E-state index is -3.59. The molecule has 2 aromatic rings. The molecule has 9 heteroatoms. The zero-order chi connectivity index (χ0) is 24.0. The van der Waals surface area contributed by atoms with Gasteiger partial charge in [0.05, 0.1) is 30.0 Å². The maximum Gasteiger partial charge on any atom is 0.254 e. The van der Waals surface area contributed by atoms with Crippen LogP contribution in [0.2, 0.25) is 0 Å². The summed E-state index contributed by atoms with van der Waals surface area (Å²) >= 11 is 0. The van der Waals surface area contributed by atoms with Crippen LogP contribution in [-0.2, 0) is 9.84 Å². The molecule has 0 aromatic heterocycles. The van der Waals surface area contributed by atoms with Crippen molar-refractivity contribution in [2.75, 3.05) is 32.9 Å². The summed E-state index contributed by atoms with van der Waals surface area (Å²) in [5.41, 5.74) is 0.394. The van der Waals surface area contributed by atoms with Gasteiger partial charge in [-0.2, -0.15) is 0 Å². The van der Waals surface area contributed by atoms with E-state index in [1.54, 1.807) is 17.0 Å². The number of carbonyl (C=O) groups excluding carboxylic acids is 1. The van der Waals surface area contributed by atoms with Crippen molar-refractivity contribution in [2.45, 2.75) is 43.8 Å². The monoisotopic (exact) mass is 479 g/mol. The lowest BCUT2D eigenvalue weighted by molar-refractivity contribution is 0.0724. The van der Waals surface area contributed by atoms with Gasteiger partial charge in [0, 0.05) is 18.7 Å². The molecular weight excluding hydrogens is 449 g/mol. The van der Waals surface area contributed by atoms with Gasteiger partial charge in [-0.1, -0.05) is 0 Å². The van der Waals surface area contributed by atoms with Crippen molar-refractivity contribution in [3.63, 3.8) is 0 Å². The van der Waals surface area contributed by atoms with Crippen molar-refractivity contribution in [1.82, 2.24) is 4.90 Å². The first-order valence-corrected chi connectivity index (χ1v) is 12.7. The molecule has 2 aromatic carbocycles. The van der Waals surface area contributed by atoms with Crippen molar-refractivity contribution in [3.8, 4) is 17.2 Å². The third-order valence-electron chi connectivity index (χ3n) is 5.47. The summed E-state index contributed by atoms with van der Waals surface area (Å²) in [6.07, 6.45) is 0.609. The zero-order valence-corrected chi connectivity index (χ0v) is 20.0. The highest BCUT2D eigenvalue weighted by molar-refractivity contribution is 7.92. The number of hydrogen-bond acceptors (Lipinski definition) is 6. The highest BCUT2D eigenvalue weighted by Gasteiger charge is 2.33. The Hall–Kier alpha value is -2.81. The predicted octanol–water partition coefficient (Wildman–Crippen LogP) is 4.10. The van der Waals surface area contributed by atoms with Gasteiger partial charge in [0.15, 0.2) is 21.3 Å². The molecule has 0 saturated carbocycles. The summed E-state index contributed by atoms with van der Waals surface area (Å²) in [6, 6.07) is 8.13. The van der Waals surface area contributed by atoms with Crippen molar-refractivity contribution >= 4 is 15.7 Å². The van der Waals surface area contributed by atoms with Crippen LogP contribution in [0.4, 0.5) is 4.39 Å². The molecule has 1 amide bonds. The number of halogens is 1. The Bertz CT molecular complexity index is 1040. The van der Waals surface area contributed by atoms with E-state index in [1.807, 2.05) is 20.8 Å². The fourth-order valence-corrected chi connectivity index (χ4v) is 5.61. The molecule has 3 rings (SSSR count). The largest absolute Gasteiger partial charge is 0.490 e. The second kappa shape index (κ2) is 10.9. The van der Waals surface area contributed by atoms with Gasteiger partial charge in [-0.05, 0) is 70.0 Å². The topological polar surface area (TPSA) is 82.1 Å². The Morgan fingerprint density at radius 3 is 1.94 bits per heavy atom. The SMILES string of the molecule is CCOc1cc(C(=O)N2CCC(S(=O)(=O)c3ccc(F)cc3)CC2)cc(OCC)c1OCC. The number of sulfone groups is 1. The van der Waals surface area contributed by atoms with Crippen LogP contribution < -0.4 is 14.2 Å². The lowest BCUT2D eigenvalue weighted by Crippen LogP contribution is -2.42. The molecule has 0 bridgehead atoms. The molecule has 180 valence electrons. The number of carbonyl (C=O) groups is 1. The maximum absolute atomic E-state index is 13.2. The molecule has 33 heavy (non-hydrogen) atoms. The molecule has 0 radical (unpaired) electrons. The fourth-order valence-electron chi connectivity index (χ4n) is 3.88. The summed E-state index contributed by atoms with van der Waals surface area (Å²) in [5.74, 6) is 0.617. The van der Waals surface area contributed by atoms with Crippen LogP contribution >= 0.6 is 0 Å². The van der Waals surface area contributed by atoms with Gasteiger partial charge in [0.1, 0.15) is 5.82 Å². The molecule has 0 N–H and O–H groups in total. The molecule has 1 heterocycles. The minimum Gasteiger partial charge on any atom is -0.490 e. The van der Waals surface area contributed by atoms with Gasteiger partial charge in [-0.3, -0.25) is 4.79 Å². The van der Waals surface area contributed by atoms with Gasteiger partial charge in [-0.15, -0.1) is 0 Å². The number of piperidine rings is 1. The van der Waals surface area contributed by atoms with E-state index in [1.165, 1.54) is 12.1 Å². The summed E-state index contributed by atoms with van der Waals surface area (Å²) in [4.78, 5) is 15.0. The van der Waals surface area contributed by atoms with Crippen molar-refractivity contribution in [1.29, 1.82) is 0 Å². The average Bonchev–Trinajstić information content (AvgIpc) is 2.81. The molecule has 1 aliphatic heterocycles. The van der Waals surface area contributed by atoms with Crippen LogP contribution in [-0.4, -0.2) is 57.4 Å². The lowest BCUT2D eigenvalue weighted by atomic mass is 10.1. The summed E-state index contributed by atoms with van der Waals surface area (Å²) in [5, 5.41) is -0.620. The molecule has 1 saturated heterocycles. The van der Waals surface area contributed by atoms with E-state index in [-0.39, 0.29) is 10.8 Å². The number of ether oxygens (including phenoxy) is 3. The van der Waals surface area contributed by atoms with E-state index in [0.717, 1.165) is 12.1 Å². The number of amides is 1. The molecule has 1 fully saturated rings. The Morgan fingerprint density at radius 2 is 1.45 bits per heavy atom. The number of likely N-dealkylation sites (tertiary alicyclic amines) is 1. The van der Waals surface area contributed by atoms with Crippen LogP contribution in [0, 0.1) is 5.82 Å². The Labute approximate surface area is 194 Å². The second-order valence-electron chi connectivity index (χ2n) is 7.59. The van der Waals surface area contributed by atoms with E-state index >= 15 is 0 Å². The third-order valence-corrected chi connectivity index (χ3v) is 7.74.